The predicted octanol–water partition coefficient (Wildman–Crippen LogP) is 11.6. The summed E-state index contributed by atoms with van der Waals surface area (Å²) in [6.07, 6.45) is 0. The third kappa shape index (κ3) is 4.81. The van der Waals surface area contributed by atoms with E-state index in [-0.39, 0.29) is 5.41 Å². The second-order valence-corrected chi connectivity index (χ2v) is 13.4. The highest BCUT2D eigenvalue weighted by molar-refractivity contribution is 5.90. The number of nitriles is 1. The van der Waals surface area contributed by atoms with Crippen molar-refractivity contribution in [1.29, 1.82) is 5.26 Å². The molecule has 0 saturated heterocycles. The van der Waals surface area contributed by atoms with E-state index in [4.69, 9.17) is 9.97 Å². The molecule has 9 rings (SSSR count). The average Bonchev–Trinajstić information content (AvgIpc) is 3.39. The predicted molar refractivity (Wildman–Crippen MR) is 201 cm³/mol. The molecule has 49 heavy (non-hydrogen) atoms. The van der Waals surface area contributed by atoms with Crippen LogP contribution in [-0.2, 0) is 5.41 Å². The Hall–Kier alpha value is -6.37. The van der Waals surface area contributed by atoms with Crippen LogP contribution in [0, 0.1) is 11.3 Å². The van der Waals surface area contributed by atoms with Gasteiger partial charge in [0.25, 0.3) is 0 Å². The Morgan fingerprint density at radius 3 is 1.76 bits per heavy atom. The molecule has 1 aliphatic carbocycles. The van der Waals surface area contributed by atoms with Gasteiger partial charge in [-0.15, -0.1) is 0 Å². The molecule has 0 fully saturated rings. The normalized spacial score (nSPS) is 12.8. The van der Waals surface area contributed by atoms with E-state index in [2.05, 4.69) is 159 Å². The maximum atomic E-state index is 10.00. The van der Waals surface area contributed by atoms with Gasteiger partial charge in [0.2, 0.25) is 0 Å². The first-order chi connectivity index (χ1) is 24.0. The minimum absolute atomic E-state index is 0.169. The summed E-state index contributed by atoms with van der Waals surface area (Å²) in [6.45, 7) is 4.49. The molecule has 3 heteroatoms. The fourth-order valence-corrected chi connectivity index (χ4v) is 7.48. The smallest absolute Gasteiger partial charge is 0.160 e. The first-order valence-electron chi connectivity index (χ1n) is 16.6. The maximum Gasteiger partial charge on any atom is 0.160 e. The van der Waals surface area contributed by atoms with Gasteiger partial charge in [0, 0.05) is 27.7 Å². The monoisotopic (exact) mass is 625 g/mol. The van der Waals surface area contributed by atoms with Gasteiger partial charge in [-0.25, -0.2) is 9.97 Å². The molecule has 0 saturated carbocycles. The lowest BCUT2D eigenvalue weighted by Crippen LogP contribution is -2.14. The molecule has 0 spiro atoms. The zero-order valence-corrected chi connectivity index (χ0v) is 27.3. The van der Waals surface area contributed by atoms with Crippen molar-refractivity contribution in [1.82, 2.24) is 9.97 Å². The Labute approximate surface area is 285 Å². The zero-order chi connectivity index (χ0) is 33.1. The van der Waals surface area contributed by atoms with Crippen LogP contribution in [-0.4, -0.2) is 9.97 Å². The second-order valence-electron chi connectivity index (χ2n) is 13.4. The lowest BCUT2D eigenvalue weighted by molar-refractivity contribution is 0.660. The number of benzene rings is 7. The van der Waals surface area contributed by atoms with Gasteiger partial charge in [-0.05, 0) is 85.8 Å². The third-order valence-electron chi connectivity index (χ3n) is 10.1. The Morgan fingerprint density at radius 2 is 1.04 bits per heavy atom. The van der Waals surface area contributed by atoms with Crippen molar-refractivity contribution in [2.75, 3.05) is 0 Å². The largest absolute Gasteiger partial charge is 0.228 e. The van der Waals surface area contributed by atoms with Gasteiger partial charge in [0.05, 0.1) is 23.0 Å². The van der Waals surface area contributed by atoms with Crippen LogP contribution in [0.5, 0.6) is 0 Å². The fourth-order valence-electron chi connectivity index (χ4n) is 7.48. The number of hydrogen-bond donors (Lipinski definition) is 0. The lowest BCUT2D eigenvalue weighted by atomic mass is 9.82. The number of aromatic nitrogens is 2. The van der Waals surface area contributed by atoms with Crippen molar-refractivity contribution in [2.45, 2.75) is 19.3 Å². The van der Waals surface area contributed by atoms with E-state index in [1.165, 1.54) is 27.3 Å². The van der Waals surface area contributed by atoms with Crippen molar-refractivity contribution in [3.8, 4) is 62.2 Å². The summed E-state index contributed by atoms with van der Waals surface area (Å²) >= 11 is 0. The molecule has 1 aromatic heterocycles. The van der Waals surface area contributed by atoms with Gasteiger partial charge in [0.1, 0.15) is 0 Å². The number of hydrogen-bond acceptors (Lipinski definition) is 3. The van der Waals surface area contributed by atoms with Crippen LogP contribution < -0.4 is 0 Å². The van der Waals surface area contributed by atoms with Crippen molar-refractivity contribution < 1.29 is 0 Å². The van der Waals surface area contributed by atoms with Crippen LogP contribution in [0.25, 0.3) is 77.7 Å². The SMILES string of the molecule is CC1(C)c2ccc(-c3cccc(-c4cc(-c5ccc6ccccc6c5)nc(-c5ccc6ccccc6c5)n4)c3)cc2-c2c(C#N)cccc21. The molecular weight excluding hydrogens is 595 g/mol. The molecule has 0 atom stereocenters. The Balaban J connectivity index is 1.19. The van der Waals surface area contributed by atoms with Gasteiger partial charge in [-0.1, -0.05) is 129 Å². The summed E-state index contributed by atoms with van der Waals surface area (Å²) in [5.74, 6) is 0.692. The molecule has 230 valence electrons. The highest BCUT2D eigenvalue weighted by Crippen LogP contribution is 2.51. The lowest BCUT2D eigenvalue weighted by Gasteiger charge is -2.21. The highest BCUT2D eigenvalue weighted by Gasteiger charge is 2.36. The Bertz CT molecular complexity index is 2560. The molecule has 1 aliphatic rings. The maximum absolute atomic E-state index is 10.00. The first-order valence-corrected chi connectivity index (χ1v) is 16.6. The minimum Gasteiger partial charge on any atom is -0.228 e. The third-order valence-corrected chi connectivity index (χ3v) is 10.1. The van der Waals surface area contributed by atoms with E-state index in [0.717, 1.165) is 61.3 Å². The quantitative estimate of drug-likeness (QED) is 0.195. The molecule has 0 amide bonds. The van der Waals surface area contributed by atoms with Crippen molar-refractivity contribution in [3.05, 3.63) is 168 Å². The first kappa shape index (κ1) is 28.8. The van der Waals surface area contributed by atoms with Crippen LogP contribution in [0.2, 0.25) is 0 Å². The molecule has 0 unspecified atom stereocenters. The summed E-state index contributed by atoms with van der Waals surface area (Å²) < 4.78 is 0. The topological polar surface area (TPSA) is 49.6 Å². The molecule has 0 aliphatic heterocycles. The number of nitrogens with zero attached hydrogens (tertiary/aromatic N) is 3. The van der Waals surface area contributed by atoms with Crippen LogP contribution in [0.1, 0.15) is 30.5 Å². The molecular formula is C46H31N3. The second kappa shape index (κ2) is 11.1. The summed E-state index contributed by atoms with van der Waals surface area (Å²) in [7, 11) is 0. The molecule has 3 nitrogen and oxygen atoms in total. The van der Waals surface area contributed by atoms with Crippen LogP contribution >= 0.6 is 0 Å². The van der Waals surface area contributed by atoms with Crippen LogP contribution in [0.4, 0.5) is 0 Å². The summed E-state index contributed by atoms with van der Waals surface area (Å²) in [5, 5.41) is 14.7. The number of fused-ring (bicyclic) bond motifs is 5. The number of rotatable bonds is 4. The van der Waals surface area contributed by atoms with Crippen molar-refractivity contribution in [3.63, 3.8) is 0 Å². The van der Waals surface area contributed by atoms with Gasteiger partial charge in [0.15, 0.2) is 5.82 Å². The van der Waals surface area contributed by atoms with E-state index in [1.807, 2.05) is 12.1 Å². The summed E-state index contributed by atoms with van der Waals surface area (Å²) in [4.78, 5) is 10.3. The van der Waals surface area contributed by atoms with Crippen LogP contribution in [0.3, 0.4) is 0 Å². The van der Waals surface area contributed by atoms with Crippen molar-refractivity contribution >= 4 is 21.5 Å². The van der Waals surface area contributed by atoms with Gasteiger partial charge in [-0.3, -0.25) is 0 Å². The van der Waals surface area contributed by atoms with Crippen LogP contribution in [0.15, 0.2) is 152 Å². The molecule has 0 N–H and O–H groups in total. The van der Waals surface area contributed by atoms with Gasteiger partial charge >= 0.3 is 0 Å². The van der Waals surface area contributed by atoms with E-state index in [9.17, 15) is 5.26 Å². The standard InChI is InChI=1S/C46H31N3/c1-46(2)40-22-21-34(26-39(40)44-38(28-47)15-8-16-41(44)46)33-13-7-14-35(24-33)42-27-43(36-19-17-29-9-3-5-11-31(29)23-36)49-45(48-42)37-20-18-30-10-4-6-12-32(30)25-37/h3-27H,1-2H3. The molecule has 1 heterocycles. The zero-order valence-electron chi connectivity index (χ0n) is 27.3. The Morgan fingerprint density at radius 1 is 0.469 bits per heavy atom. The van der Waals surface area contributed by atoms with Crippen molar-refractivity contribution in [2.24, 2.45) is 0 Å². The molecule has 0 radical (unpaired) electrons. The molecule has 8 aromatic rings. The van der Waals surface area contributed by atoms with Gasteiger partial charge < -0.3 is 0 Å². The molecule has 0 bridgehead atoms. The van der Waals surface area contributed by atoms with E-state index in [1.54, 1.807) is 0 Å². The van der Waals surface area contributed by atoms with E-state index in [0.29, 0.717) is 5.82 Å². The summed E-state index contributed by atoms with van der Waals surface area (Å²) in [5.41, 5.74) is 12.2. The highest BCUT2D eigenvalue weighted by atomic mass is 14.9. The fraction of sp³-hybridized carbons (Fsp3) is 0.0652. The van der Waals surface area contributed by atoms with E-state index < -0.39 is 0 Å². The van der Waals surface area contributed by atoms with Gasteiger partial charge in [-0.2, -0.15) is 5.26 Å². The average molecular weight is 626 g/mol. The minimum atomic E-state index is -0.169. The summed E-state index contributed by atoms with van der Waals surface area (Å²) in [6, 6.07) is 55.7. The Kier molecular flexibility index (Phi) is 6.54. The van der Waals surface area contributed by atoms with E-state index >= 15 is 0 Å². The molecule has 7 aromatic carbocycles.